The minimum Gasteiger partial charge on any atom is -0.325 e. The van der Waals surface area contributed by atoms with E-state index in [9.17, 15) is 4.57 Å². The monoisotopic (exact) mass is 380 g/mol. The molecule has 0 heterocycles. The Balaban J connectivity index is -0.000000273. The fourth-order valence-corrected chi connectivity index (χ4v) is 5.61. The SMILES string of the molecule is CC(C)[CH2][AlH][CH2]C(C)C.CC(C)[CH2][AlH][CH2]C(C)C.CP(=O)(O)O. The zero-order chi connectivity index (χ0) is 19.1. The van der Waals surface area contributed by atoms with Crippen molar-refractivity contribution in [3.05, 3.63) is 0 Å². The van der Waals surface area contributed by atoms with Gasteiger partial charge >= 0.3 is 7.60 Å². The van der Waals surface area contributed by atoms with E-state index in [2.05, 4.69) is 55.4 Å². The van der Waals surface area contributed by atoms with Gasteiger partial charge in [-0.15, -0.1) is 0 Å². The Kier molecular flexibility index (Phi) is 22.7. The summed E-state index contributed by atoms with van der Waals surface area (Å²) in [5, 5.41) is 6.16. The Labute approximate surface area is 159 Å². The van der Waals surface area contributed by atoms with Crippen LogP contribution >= 0.6 is 7.60 Å². The zero-order valence-electron chi connectivity index (χ0n) is 17.3. The third-order valence-electron chi connectivity index (χ3n) is 3.13. The lowest BCUT2D eigenvalue weighted by Crippen LogP contribution is -1.99. The highest BCUT2D eigenvalue weighted by Crippen LogP contribution is 2.26. The quantitative estimate of drug-likeness (QED) is 0.463. The Bertz CT molecular complexity index is 235. The fraction of sp³-hybridized carbons (Fsp3) is 1.00. The van der Waals surface area contributed by atoms with E-state index in [1.807, 2.05) is 0 Å². The summed E-state index contributed by atoms with van der Waals surface area (Å²) in [7, 11) is -3.64. The Morgan fingerprint density at radius 1 is 0.652 bits per heavy atom. The van der Waals surface area contributed by atoms with Gasteiger partial charge in [0.1, 0.15) is 0 Å². The molecule has 0 rings (SSSR count). The van der Waals surface area contributed by atoms with Crippen molar-refractivity contribution in [1.29, 1.82) is 0 Å². The third-order valence-corrected chi connectivity index (χ3v) is 9.38. The van der Waals surface area contributed by atoms with E-state index < -0.39 is 7.60 Å². The molecule has 0 radical (unpaired) electrons. The van der Waals surface area contributed by atoms with Crippen LogP contribution in [0.1, 0.15) is 55.4 Å². The molecule has 0 fully saturated rings. The van der Waals surface area contributed by atoms with Gasteiger partial charge < -0.3 is 9.79 Å². The minimum absolute atomic E-state index is 0.316. The number of hydrogen-bond acceptors (Lipinski definition) is 1. The first-order valence-electron chi connectivity index (χ1n) is 9.28. The van der Waals surface area contributed by atoms with Gasteiger partial charge in [-0.3, -0.25) is 4.57 Å². The molecular weight excluding hydrogens is 337 g/mol. The summed E-state index contributed by atoms with van der Waals surface area (Å²) in [6.07, 6.45) is 0. The normalized spacial score (nSPS) is 11.1. The van der Waals surface area contributed by atoms with Crippen LogP contribution < -0.4 is 0 Å². The molecule has 0 aliphatic heterocycles. The fourth-order valence-electron chi connectivity index (χ4n) is 1.87. The van der Waals surface area contributed by atoms with Crippen molar-refractivity contribution < 1.29 is 14.4 Å². The third kappa shape index (κ3) is 59.8. The summed E-state index contributed by atoms with van der Waals surface area (Å²) in [6.45, 7) is 19.5. The predicted molar refractivity (Wildman–Crippen MR) is 111 cm³/mol. The highest BCUT2D eigenvalue weighted by Gasteiger charge is 2.00. The van der Waals surface area contributed by atoms with Gasteiger partial charge in [-0.25, -0.2) is 0 Å². The van der Waals surface area contributed by atoms with E-state index in [4.69, 9.17) is 9.79 Å². The molecule has 0 aromatic rings. The summed E-state index contributed by atoms with van der Waals surface area (Å²) in [5.41, 5.74) is 0. The smallest absolute Gasteiger partial charge is 0.322 e. The van der Waals surface area contributed by atoms with Gasteiger partial charge in [0.25, 0.3) is 0 Å². The van der Waals surface area contributed by atoms with Crippen LogP contribution in [-0.2, 0) is 4.57 Å². The summed E-state index contributed by atoms with van der Waals surface area (Å²) >= 11 is 0.633. The number of hydrogen-bond donors (Lipinski definition) is 2. The van der Waals surface area contributed by atoms with E-state index in [-0.39, 0.29) is 0 Å². The standard InChI is InChI=1S/4C4H9.CH5O3P.2Al.2H/c4*1-4(2)3;1-5(2,3)4;;;;/h4*4H,1H2,2-3H3;1H3,(H2,2,3,4);;;;. The Hall–Kier alpha value is 1.21. The maximum Gasteiger partial charge on any atom is 0.322 e. The van der Waals surface area contributed by atoms with Crippen LogP contribution in [0.5, 0.6) is 0 Å². The van der Waals surface area contributed by atoms with Crippen LogP contribution in [0.25, 0.3) is 0 Å². The van der Waals surface area contributed by atoms with Crippen molar-refractivity contribution in [2.24, 2.45) is 23.7 Å². The number of rotatable bonds is 8. The largest absolute Gasteiger partial charge is 0.325 e. The second kappa shape index (κ2) is 18.0. The van der Waals surface area contributed by atoms with Crippen molar-refractivity contribution in [2.45, 2.75) is 76.5 Å². The van der Waals surface area contributed by atoms with Crippen LogP contribution in [0.15, 0.2) is 0 Å². The molecule has 140 valence electrons. The van der Waals surface area contributed by atoms with Gasteiger partial charge in [-0.2, -0.15) is 0 Å². The van der Waals surface area contributed by atoms with Crippen molar-refractivity contribution in [1.82, 2.24) is 0 Å². The molecule has 0 atom stereocenters. The molecule has 0 aliphatic rings. The lowest BCUT2D eigenvalue weighted by molar-refractivity contribution is 0.381. The Morgan fingerprint density at radius 2 is 0.783 bits per heavy atom. The van der Waals surface area contributed by atoms with Crippen LogP contribution in [-0.4, -0.2) is 46.9 Å². The van der Waals surface area contributed by atoms with Gasteiger partial charge in [-0.1, -0.05) is 100 Å². The van der Waals surface area contributed by atoms with E-state index in [1.54, 1.807) is 0 Å². The van der Waals surface area contributed by atoms with Crippen LogP contribution in [0.2, 0.25) is 21.1 Å². The summed E-state index contributed by atoms with van der Waals surface area (Å²) in [5.74, 6) is 3.82. The lowest BCUT2D eigenvalue weighted by atomic mass is 10.3. The van der Waals surface area contributed by atoms with Crippen LogP contribution in [0.3, 0.4) is 0 Å². The maximum absolute atomic E-state index is 9.33. The molecule has 0 aromatic carbocycles. The molecule has 0 amide bonds. The lowest BCUT2D eigenvalue weighted by Gasteiger charge is -2.03. The van der Waals surface area contributed by atoms with E-state index in [1.165, 1.54) is 21.1 Å². The molecule has 6 heteroatoms. The molecule has 0 saturated heterocycles. The van der Waals surface area contributed by atoms with Gasteiger partial charge in [0, 0.05) is 6.66 Å². The second-order valence-corrected chi connectivity index (χ2v) is 13.7. The molecule has 0 saturated carbocycles. The first kappa shape index (κ1) is 29.0. The topological polar surface area (TPSA) is 57.5 Å². The summed E-state index contributed by atoms with van der Waals surface area (Å²) in [6, 6.07) is 0. The van der Waals surface area contributed by atoms with Gasteiger partial charge in [0.05, 0.1) is 0 Å². The van der Waals surface area contributed by atoms with Gasteiger partial charge in [0.15, 0.2) is 0 Å². The second-order valence-electron chi connectivity index (χ2n) is 8.27. The first-order valence-corrected chi connectivity index (χ1v) is 15.3. The zero-order valence-corrected chi connectivity index (χ0v) is 21.0. The van der Waals surface area contributed by atoms with Gasteiger partial charge in [0.2, 0.25) is 30.4 Å². The van der Waals surface area contributed by atoms with Crippen molar-refractivity contribution >= 4 is 38.0 Å². The molecule has 2 N–H and O–H groups in total. The molecule has 3 nitrogen and oxygen atoms in total. The maximum atomic E-state index is 9.33. The summed E-state index contributed by atoms with van der Waals surface area (Å²) in [4.78, 5) is 15.3. The Morgan fingerprint density at radius 3 is 0.870 bits per heavy atom. The molecular formula is C17H43Al2O3P. The van der Waals surface area contributed by atoms with Gasteiger partial charge in [-0.05, 0) is 0 Å². The first-order chi connectivity index (χ1) is 10.3. The minimum atomic E-state index is -3.64. The molecule has 23 heavy (non-hydrogen) atoms. The molecule has 0 aliphatic carbocycles. The molecule has 0 spiro atoms. The highest BCUT2D eigenvalue weighted by molar-refractivity contribution is 7.50. The highest BCUT2D eigenvalue weighted by atomic mass is 31.2. The average Bonchev–Trinajstić information content (AvgIpc) is 2.25. The van der Waals surface area contributed by atoms with Crippen LogP contribution in [0.4, 0.5) is 0 Å². The molecule has 0 bridgehead atoms. The van der Waals surface area contributed by atoms with E-state index >= 15 is 0 Å². The molecule has 0 unspecified atom stereocenters. The predicted octanol–water partition coefficient (Wildman–Crippen LogP) is 4.94. The van der Waals surface area contributed by atoms with Crippen molar-refractivity contribution in [3.8, 4) is 0 Å². The summed E-state index contributed by atoms with van der Waals surface area (Å²) < 4.78 is 9.33. The van der Waals surface area contributed by atoms with E-state index in [0.29, 0.717) is 30.4 Å². The molecule has 0 aromatic heterocycles. The van der Waals surface area contributed by atoms with Crippen LogP contribution in [0, 0.1) is 23.7 Å². The van der Waals surface area contributed by atoms with E-state index in [0.717, 1.165) is 30.3 Å². The average molecular weight is 380 g/mol. The van der Waals surface area contributed by atoms with Crippen molar-refractivity contribution in [3.63, 3.8) is 0 Å². The van der Waals surface area contributed by atoms with Crippen molar-refractivity contribution in [2.75, 3.05) is 6.66 Å².